The highest BCUT2D eigenvalue weighted by molar-refractivity contribution is 5.54. The first-order valence-corrected chi connectivity index (χ1v) is 6.84. The zero-order valence-electron chi connectivity index (χ0n) is 11.6. The molecule has 0 aliphatic carbocycles. The van der Waals surface area contributed by atoms with Crippen LogP contribution in [0.1, 0.15) is 26.2 Å². The first kappa shape index (κ1) is 13.2. The van der Waals surface area contributed by atoms with Crippen molar-refractivity contribution in [3.8, 4) is 0 Å². The van der Waals surface area contributed by atoms with Crippen LogP contribution in [0.3, 0.4) is 0 Å². The van der Waals surface area contributed by atoms with Gasteiger partial charge in [-0.15, -0.1) is 0 Å². The Morgan fingerprint density at radius 2 is 2.00 bits per heavy atom. The number of ether oxygens (including phenoxy) is 1. The minimum absolute atomic E-state index is 0.428. The summed E-state index contributed by atoms with van der Waals surface area (Å²) in [5.41, 5.74) is 2.45. The van der Waals surface area contributed by atoms with Crippen molar-refractivity contribution in [2.75, 3.05) is 30.9 Å². The highest BCUT2D eigenvalue weighted by atomic mass is 16.5. The van der Waals surface area contributed by atoms with Crippen LogP contribution in [-0.4, -0.2) is 32.8 Å². The van der Waals surface area contributed by atoms with Gasteiger partial charge in [0.2, 0.25) is 0 Å². The average Bonchev–Trinajstić information content (AvgIpc) is 2.39. The molecular formula is C15H24N2O. The van der Waals surface area contributed by atoms with Crippen molar-refractivity contribution < 1.29 is 4.74 Å². The fraction of sp³-hybridized carbons (Fsp3) is 0.600. The number of benzene rings is 1. The standard InChI is InChI=1S/C15H24N2O/c1-4-15-11-13(9-10-18-15)16-12-5-7-14(8-6-12)17(2)3/h5-8,13,15-16H,4,9-11H2,1-3H3. The first-order valence-electron chi connectivity index (χ1n) is 6.84. The molecule has 0 saturated carbocycles. The topological polar surface area (TPSA) is 24.5 Å². The molecule has 3 heteroatoms. The lowest BCUT2D eigenvalue weighted by Gasteiger charge is -2.30. The van der Waals surface area contributed by atoms with Crippen LogP contribution in [0.15, 0.2) is 24.3 Å². The molecule has 1 aliphatic rings. The van der Waals surface area contributed by atoms with Crippen molar-refractivity contribution in [1.29, 1.82) is 0 Å². The Morgan fingerprint density at radius 3 is 2.61 bits per heavy atom. The molecular weight excluding hydrogens is 224 g/mol. The van der Waals surface area contributed by atoms with E-state index in [0.717, 1.165) is 25.9 Å². The SMILES string of the molecule is CCC1CC(Nc2ccc(N(C)C)cc2)CCO1. The summed E-state index contributed by atoms with van der Waals surface area (Å²) in [6.45, 7) is 3.07. The van der Waals surface area contributed by atoms with Crippen molar-refractivity contribution >= 4 is 11.4 Å². The van der Waals surface area contributed by atoms with Crippen LogP contribution in [0.2, 0.25) is 0 Å². The van der Waals surface area contributed by atoms with Crippen LogP contribution >= 0.6 is 0 Å². The second-order valence-corrected chi connectivity index (χ2v) is 5.21. The van der Waals surface area contributed by atoms with E-state index >= 15 is 0 Å². The van der Waals surface area contributed by atoms with Crippen molar-refractivity contribution in [1.82, 2.24) is 0 Å². The molecule has 1 aromatic rings. The molecule has 1 saturated heterocycles. The predicted molar refractivity (Wildman–Crippen MR) is 77.4 cm³/mol. The van der Waals surface area contributed by atoms with E-state index in [4.69, 9.17) is 4.74 Å². The van der Waals surface area contributed by atoms with Crippen molar-refractivity contribution in [2.45, 2.75) is 38.3 Å². The lowest BCUT2D eigenvalue weighted by molar-refractivity contribution is 0.00926. The normalized spacial score (nSPS) is 23.7. The summed E-state index contributed by atoms with van der Waals surface area (Å²) in [5.74, 6) is 0. The quantitative estimate of drug-likeness (QED) is 0.886. The minimum atomic E-state index is 0.428. The van der Waals surface area contributed by atoms with E-state index in [2.05, 4.69) is 55.5 Å². The Bertz CT molecular complexity index is 361. The molecule has 2 atom stereocenters. The summed E-state index contributed by atoms with van der Waals surface area (Å²) in [4.78, 5) is 2.12. The van der Waals surface area contributed by atoms with E-state index in [1.54, 1.807) is 0 Å². The van der Waals surface area contributed by atoms with Crippen LogP contribution in [-0.2, 0) is 4.74 Å². The van der Waals surface area contributed by atoms with Gasteiger partial charge < -0.3 is 15.0 Å². The van der Waals surface area contributed by atoms with Gasteiger partial charge in [0.05, 0.1) is 6.10 Å². The molecule has 1 heterocycles. The summed E-state index contributed by atoms with van der Waals surface area (Å²) in [5, 5.41) is 3.61. The summed E-state index contributed by atoms with van der Waals surface area (Å²) in [6, 6.07) is 9.17. The summed E-state index contributed by atoms with van der Waals surface area (Å²) < 4.78 is 5.70. The van der Waals surface area contributed by atoms with Crippen LogP contribution in [0.25, 0.3) is 0 Å². The maximum atomic E-state index is 5.70. The number of hydrogen-bond donors (Lipinski definition) is 1. The largest absolute Gasteiger partial charge is 0.382 e. The van der Waals surface area contributed by atoms with Gasteiger partial charge in [-0.2, -0.15) is 0 Å². The average molecular weight is 248 g/mol. The molecule has 1 N–H and O–H groups in total. The monoisotopic (exact) mass is 248 g/mol. The van der Waals surface area contributed by atoms with Crippen LogP contribution in [0, 0.1) is 0 Å². The fourth-order valence-electron chi connectivity index (χ4n) is 2.39. The Morgan fingerprint density at radius 1 is 1.28 bits per heavy atom. The summed E-state index contributed by atoms with van der Waals surface area (Å²) >= 11 is 0. The number of rotatable bonds is 4. The predicted octanol–water partition coefficient (Wildman–Crippen LogP) is 3.12. The van der Waals surface area contributed by atoms with E-state index < -0.39 is 0 Å². The fourth-order valence-corrected chi connectivity index (χ4v) is 2.39. The van der Waals surface area contributed by atoms with Crippen LogP contribution in [0.4, 0.5) is 11.4 Å². The number of anilines is 2. The van der Waals surface area contributed by atoms with Gasteiger partial charge in [-0.25, -0.2) is 0 Å². The van der Waals surface area contributed by atoms with Gasteiger partial charge in [-0.3, -0.25) is 0 Å². The third-order valence-electron chi connectivity index (χ3n) is 3.58. The van der Waals surface area contributed by atoms with Gasteiger partial charge in [-0.05, 0) is 43.5 Å². The molecule has 0 radical (unpaired) electrons. The molecule has 2 unspecified atom stereocenters. The summed E-state index contributed by atoms with van der Waals surface area (Å²) in [6.07, 6.45) is 3.76. The Hall–Kier alpha value is -1.22. The van der Waals surface area contributed by atoms with Gasteiger partial charge in [0.15, 0.2) is 0 Å². The highest BCUT2D eigenvalue weighted by Crippen LogP contribution is 2.22. The minimum Gasteiger partial charge on any atom is -0.382 e. The lowest BCUT2D eigenvalue weighted by Crippen LogP contribution is -2.33. The molecule has 0 aromatic heterocycles. The molecule has 100 valence electrons. The van der Waals surface area contributed by atoms with Gasteiger partial charge >= 0.3 is 0 Å². The molecule has 1 aliphatic heterocycles. The van der Waals surface area contributed by atoms with Gasteiger partial charge in [0, 0.05) is 38.1 Å². The number of hydrogen-bond acceptors (Lipinski definition) is 3. The molecule has 0 spiro atoms. The maximum absolute atomic E-state index is 5.70. The third-order valence-corrected chi connectivity index (χ3v) is 3.58. The van der Waals surface area contributed by atoms with E-state index in [1.165, 1.54) is 11.4 Å². The number of nitrogens with one attached hydrogen (secondary N) is 1. The molecule has 0 amide bonds. The van der Waals surface area contributed by atoms with Gasteiger partial charge in [-0.1, -0.05) is 6.92 Å². The van der Waals surface area contributed by atoms with Crippen molar-refractivity contribution in [2.24, 2.45) is 0 Å². The zero-order valence-corrected chi connectivity index (χ0v) is 11.6. The van der Waals surface area contributed by atoms with Crippen molar-refractivity contribution in [3.63, 3.8) is 0 Å². The Labute approximate surface area is 110 Å². The van der Waals surface area contributed by atoms with Crippen LogP contribution < -0.4 is 10.2 Å². The molecule has 2 rings (SSSR count). The molecule has 1 fully saturated rings. The maximum Gasteiger partial charge on any atom is 0.0592 e. The third kappa shape index (κ3) is 3.39. The van der Waals surface area contributed by atoms with E-state index in [-0.39, 0.29) is 0 Å². The smallest absolute Gasteiger partial charge is 0.0592 e. The summed E-state index contributed by atoms with van der Waals surface area (Å²) in [7, 11) is 4.12. The molecule has 0 bridgehead atoms. The van der Waals surface area contributed by atoms with Crippen molar-refractivity contribution in [3.05, 3.63) is 24.3 Å². The van der Waals surface area contributed by atoms with E-state index in [9.17, 15) is 0 Å². The second-order valence-electron chi connectivity index (χ2n) is 5.21. The molecule has 1 aromatic carbocycles. The van der Waals surface area contributed by atoms with E-state index in [0.29, 0.717) is 12.1 Å². The van der Waals surface area contributed by atoms with E-state index in [1.807, 2.05) is 0 Å². The number of nitrogens with zero attached hydrogens (tertiary/aromatic N) is 1. The first-order chi connectivity index (χ1) is 8.69. The second kappa shape index (κ2) is 6.10. The molecule has 3 nitrogen and oxygen atoms in total. The Kier molecular flexibility index (Phi) is 4.48. The molecule has 18 heavy (non-hydrogen) atoms. The van der Waals surface area contributed by atoms with Crippen LogP contribution in [0.5, 0.6) is 0 Å². The lowest BCUT2D eigenvalue weighted by atomic mass is 10.0. The Balaban J connectivity index is 1.92. The zero-order chi connectivity index (χ0) is 13.0. The van der Waals surface area contributed by atoms with Gasteiger partial charge in [0.25, 0.3) is 0 Å². The van der Waals surface area contributed by atoms with Gasteiger partial charge in [0.1, 0.15) is 0 Å². The highest BCUT2D eigenvalue weighted by Gasteiger charge is 2.20.